The molecule has 1 fully saturated rings. The van der Waals surface area contributed by atoms with Gasteiger partial charge < -0.3 is 9.64 Å². The average molecular weight is 391 g/mol. The Bertz CT molecular complexity index is 569. The van der Waals surface area contributed by atoms with Gasteiger partial charge in [0.25, 0.3) is 0 Å². The molecule has 1 aromatic carbocycles. The molecule has 0 bridgehead atoms. The van der Waals surface area contributed by atoms with E-state index in [2.05, 4.69) is 15.9 Å². The lowest BCUT2D eigenvalue weighted by atomic mass is 10.1. The lowest BCUT2D eigenvalue weighted by Crippen LogP contribution is -2.46. The van der Waals surface area contributed by atoms with Crippen LogP contribution in [0.5, 0.6) is 0 Å². The van der Waals surface area contributed by atoms with Gasteiger partial charge in [-0.05, 0) is 51.2 Å². The Hall–Kier alpha value is -0.470. The molecule has 0 aliphatic carbocycles. The van der Waals surface area contributed by atoms with Crippen LogP contribution >= 0.6 is 15.9 Å². The van der Waals surface area contributed by atoms with Crippen molar-refractivity contribution >= 4 is 26.0 Å². The number of ether oxygens (including phenoxy) is 1. The Balaban J connectivity index is 2.26. The number of sulfonamides is 1. The standard InChI is InChI=1S/C15H23BrN2O3S/c1-17(2)9-10-18(14-7-11-21-12-8-14)22(19,20)15-5-3-13(16)4-6-15/h3-6,14H,7-12H2,1-2H3. The highest BCUT2D eigenvalue weighted by molar-refractivity contribution is 9.10. The van der Waals surface area contributed by atoms with E-state index in [9.17, 15) is 8.42 Å². The summed E-state index contributed by atoms with van der Waals surface area (Å²) in [6.07, 6.45) is 1.51. The molecule has 1 aromatic rings. The van der Waals surface area contributed by atoms with Crippen LogP contribution in [0.1, 0.15) is 12.8 Å². The number of hydrogen-bond donors (Lipinski definition) is 0. The molecule has 1 heterocycles. The van der Waals surface area contributed by atoms with E-state index in [1.54, 1.807) is 28.6 Å². The fourth-order valence-corrected chi connectivity index (χ4v) is 4.45. The summed E-state index contributed by atoms with van der Waals surface area (Å²) in [6.45, 7) is 2.45. The number of rotatable bonds is 6. The SMILES string of the molecule is CN(C)CCN(C1CCOCC1)S(=O)(=O)c1ccc(Br)cc1. The molecule has 0 unspecified atom stereocenters. The molecule has 0 atom stereocenters. The molecule has 1 aliphatic heterocycles. The molecular weight excluding hydrogens is 368 g/mol. The smallest absolute Gasteiger partial charge is 0.243 e. The van der Waals surface area contributed by atoms with Gasteiger partial charge in [-0.1, -0.05) is 15.9 Å². The molecule has 0 saturated carbocycles. The molecule has 124 valence electrons. The maximum atomic E-state index is 13.0. The highest BCUT2D eigenvalue weighted by Gasteiger charge is 2.32. The second-order valence-electron chi connectivity index (χ2n) is 5.72. The van der Waals surface area contributed by atoms with Crippen LogP contribution in [0.3, 0.4) is 0 Å². The van der Waals surface area contributed by atoms with Crippen LogP contribution in [0.4, 0.5) is 0 Å². The summed E-state index contributed by atoms with van der Waals surface area (Å²) in [5, 5.41) is 0. The van der Waals surface area contributed by atoms with Crippen LogP contribution in [-0.4, -0.2) is 64.1 Å². The largest absolute Gasteiger partial charge is 0.381 e. The summed E-state index contributed by atoms with van der Waals surface area (Å²) in [5.41, 5.74) is 0. The van der Waals surface area contributed by atoms with Gasteiger partial charge in [-0.2, -0.15) is 4.31 Å². The Morgan fingerprint density at radius 2 is 1.73 bits per heavy atom. The van der Waals surface area contributed by atoms with Gasteiger partial charge in [-0.15, -0.1) is 0 Å². The third-order valence-electron chi connectivity index (χ3n) is 3.79. The maximum absolute atomic E-state index is 13.0. The summed E-state index contributed by atoms with van der Waals surface area (Å²) in [6, 6.07) is 6.85. The molecular formula is C15H23BrN2O3S. The average Bonchev–Trinajstić information content (AvgIpc) is 2.48. The van der Waals surface area contributed by atoms with E-state index < -0.39 is 10.0 Å². The van der Waals surface area contributed by atoms with Gasteiger partial charge in [-0.25, -0.2) is 8.42 Å². The predicted octanol–water partition coefficient (Wildman–Crippen LogP) is 2.18. The molecule has 0 N–H and O–H groups in total. The van der Waals surface area contributed by atoms with Crippen LogP contribution in [0.15, 0.2) is 33.6 Å². The van der Waals surface area contributed by atoms with E-state index in [-0.39, 0.29) is 6.04 Å². The summed E-state index contributed by atoms with van der Waals surface area (Å²) >= 11 is 3.34. The first kappa shape index (κ1) is 17.9. The number of benzene rings is 1. The van der Waals surface area contributed by atoms with Crippen molar-refractivity contribution < 1.29 is 13.2 Å². The predicted molar refractivity (Wildman–Crippen MR) is 90.4 cm³/mol. The molecule has 7 heteroatoms. The van der Waals surface area contributed by atoms with Gasteiger partial charge in [0.15, 0.2) is 0 Å². The molecule has 0 spiro atoms. The van der Waals surface area contributed by atoms with Gasteiger partial charge in [0, 0.05) is 36.8 Å². The molecule has 22 heavy (non-hydrogen) atoms. The van der Waals surface area contributed by atoms with Crippen LogP contribution < -0.4 is 0 Å². The highest BCUT2D eigenvalue weighted by atomic mass is 79.9. The van der Waals surface area contributed by atoms with E-state index in [1.807, 2.05) is 19.0 Å². The van der Waals surface area contributed by atoms with Gasteiger partial charge in [0.05, 0.1) is 4.90 Å². The van der Waals surface area contributed by atoms with Crippen LogP contribution in [0, 0.1) is 0 Å². The molecule has 5 nitrogen and oxygen atoms in total. The monoisotopic (exact) mass is 390 g/mol. The van der Waals surface area contributed by atoms with Crippen molar-refractivity contribution in [3.63, 3.8) is 0 Å². The number of likely N-dealkylation sites (N-methyl/N-ethyl adjacent to an activating group) is 1. The van der Waals surface area contributed by atoms with E-state index in [1.165, 1.54) is 0 Å². The first-order chi connectivity index (χ1) is 10.4. The Morgan fingerprint density at radius 3 is 2.27 bits per heavy atom. The fraction of sp³-hybridized carbons (Fsp3) is 0.600. The Morgan fingerprint density at radius 1 is 1.14 bits per heavy atom. The zero-order valence-electron chi connectivity index (χ0n) is 13.0. The van der Waals surface area contributed by atoms with Crippen molar-refractivity contribution in [2.45, 2.75) is 23.8 Å². The lowest BCUT2D eigenvalue weighted by molar-refractivity contribution is 0.0573. The van der Waals surface area contributed by atoms with E-state index in [0.717, 1.165) is 17.3 Å². The topological polar surface area (TPSA) is 49.9 Å². The number of halogens is 1. The normalized spacial score (nSPS) is 17.3. The van der Waals surface area contributed by atoms with Crippen molar-refractivity contribution in [2.24, 2.45) is 0 Å². The van der Waals surface area contributed by atoms with E-state index >= 15 is 0 Å². The van der Waals surface area contributed by atoms with Crippen molar-refractivity contribution in [3.8, 4) is 0 Å². The summed E-state index contributed by atoms with van der Waals surface area (Å²) in [4.78, 5) is 2.35. The van der Waals surface area contributed by atoms with Crippen molar-refractivity contribution in [3.05, 3.63) is 28.7 Å². The van der Waals surface area contributed by atoms with Crippen LogP contribution in [0.2, 0.25) is 0 Å². The first-order valence-electron chi connectivity index (χ1n) is 7.41. The minimum atomic E-state index is -3.48. The zero-order valence-corrected chi connectivity index (χ0v) is 15.4. The molecule has 0 amide bonds. The van der Waals surface area contributed by atoms with Crippen molar-refractivity contribution in [2.75, 3.05) is 40.4 Å². The van der Waals surface area contributed by atoms with E-state index in [0.29, 0.717) is 31.2 Å². The Kier molecular flexibility index (Phi) is 6.40. The number of nitrogens with zero attached hydrogens (tertiary/aromatic N) is 2. The van der Waals surface area contributed by atoms with Crippen molar-refractivity contribution in [1.29, 1.82) is 0 Å². The Labute approximate surface area is 141 Å². The minimum Gasteiger partial charge on any atom is -0.381 e. The quantitative estimate of drug-likeness (QED) is 0.746. The molecule has 0 aromatic heterocycles. The fourth-order valence-electron chi connectivity index (χ4n) is 2.51. The lowest BCUT2D eigenvalue weighted by Gasteiger charge is -2.34. The summed E-state index contributed by atoms with van der Waals surface area (Å²) in [7, 11) is 0.423. The third-order valence-corrected chi connectivity index (χ3v) is 6.28. The number of hydrogen-bond acceptors (Lipinski definition) is 4. The maximum Gasteiger partial charge on any atom is 0.243 e. The molecule has 2 rings (SSSR count). The van der Waals surface area contributed by atoms with Gasteiger partial charge in [0.1, 0.15) is 0 Å². The first-order valence-corrected chi connectivity index (χ1v) is 9.64. The van der Waals surface area contributed by atoms with Crippen molar-refractivity contribution in [1.82, 2.24) is 9.21 Å². The third kappa shape index (κ3) is 4.52. The second-order valence-corrected chi connectivity index (χ2v) is 8.52. The van der Waals surface area contributed by atoms with Gasteiger partial charge in [0.2, 0.25) is 10.0 Å². The van der Waals surface area contributed by atoms with Crippen LogP contribution in [-0.2, 0) is 14.8 Å². The summed E-state index contributed by atoms with van der Waals surface area (Å²) < 4.78 is 33.9. The zero-order chi connectivity index (χ0) is 16.2. The van der Waals surface area contributed by atoms with Gasteiger partial charge >= 0.3 is 0 Å². The van der Waals surface area contributed by atoms with Crippen LogP contribution in [0.25, 0.3) is 0 Å². The summed E-state index contributed by atoms with van der Waals surface area (Å²) in [5.74, 6) is 0. The highest BCUT2D eigenvalue weighted by Crippen LogP contribution is 2.24. The molecule has 1 aliphatic rings. The second kappa shape index (κ2) is 7.88. The minimum absolute atomic E-state index is 0.0161. The molecule has 0 radical (unpaired) electrons. The van der Waals surface area contributed by atoms with Gasteiger partial charge in [-0.3, -0.25) is 0 Å². The van der Waals surface area contributed by atoms with E-state index in [4.69, 9.17) is 4.74 Å². The molecule has 1 saturated heterocycles.